The Hall–Kier alpha value is -0.640. The van der Waals surface area contributed by atoms with Gasteiger partial charge in [0.15, 0.2) is 0 Å². The van der Waals surface area contributed by atoms with E-state index in [0.29, 0.717) is 0 Å². The number of benzene rings is 2. The fourth-order valence-corrected chi connectivity index (χ4v) is 4.52. The van der Waals surface area contributed by atoms with E-state index in [9.17, 15) is 0 Å². The molecule has 21 heavy (non-hydrogen) atoms. The van der Waals surface area contributed by atoms with Crippen LogP contribution in [-0.4, -0.2) is 12.3 Å². The van der Waals surface area contributed by atoms with Crippen molar-refractivity contribution in [2.75, 3.05) is 12.3 Å². The van der Waals surface area contributed by atoms with Crippen molar-refractivity contribution in [3.05, 3.63) is 71.8 Å². The van der Waals surface area contributed by atoms with Crippen LogP contribution in [0.25, 0.3) is 0 Å². The highest BCUT2D eigenvalue weighted by Crippen LogP contribution is 2.44. The van der Waals surface area contributed by atoms with E-state index in [1.54, 1.807) is 0 Å². The van der Waals surface area contributed by atoms with Crippen molar-refractivity contribution >= 4 is 29.3 Å². The maximum Gasteiger partial charge on any atom is -0.0249 e. The van der Waals surface area contributed by atoms with Crippen LogP contribution in [0.5, 0.6) is 0 Å². The standard InChI is InChI=1S/C16H19PS2.H4N2/c18-17(19,13-11-15-7-3-1-4-8-15)14-12-16-9-5-2-6-10-16;1-2/h1-10H,11-14H2,(H,18,19);1-2H2. The molecular weight excluding hydrogens is 315 g/mol. The van der Waals surface area contributed by atoms with Gasteiger partial charge in [0, 0.05) is 0 Å². The molecule has 0 amide bonds. The molecule has 5 N–H and O–H groups in total. The molecule has 0 aromatic heterocycles. The van der Waals surface area contributed by atoms with Crippen LogP contribution in [0.2, 0.25) is 0 Å². The number of quaternary nitrogens is 1. The van der Waals surface area contributed by atoms with Crippen molar-refractivity contribution in [3.63, 3.8) is 0 Å². The average Bonchev–Trinajstić information content (AvgIpc) is 2.55. The van der Waals surface area contributed by atoms with E-state index >= 15 is 0 Å². The van der Waals surface area contributed by atoms with E-state index in [1.807, 2.05) is 12.1 Å². The molecule has 0 bridgehead atoms. The van der Waals surface area contributed by atoms with Crippen molar-refractivity contribution in [1.82, 2.24) is 0 Å². The minimum absolute atomic E-state index is 0.995. The maximum absolute atomic E-state index is 5.67. The summed E-state index contributed by atoms with van der Waals surface area (Å²) in [6, 6.07) is 21.0. The van der Waals surface area contributed by atoms with Crippen LogP contribution < -0.4 is 11.7 Å². The van der Waals surface area contributed by atoms with Gasteiger partial charge in [-0.3, -0.25) is 5.84 Å². The molecule has 0 saturated heterocycles. The molecule has 0 fully saturated rings. The highest BCUT2D eigenvalue weighted by Gasteiger charge is 2.03. The SMILES string of the molecule is N[NH3+].S=P([S-])(CCc1ccccc1)CCc1ccccc1. The molecule has 0 atom stereocenters. The van der Waals surface area contributed by atoms with E-state index in [4.69, 9.17) is 24.1 Å². The number of nitrogens with two attached hydrogens (primary N) is 1. The predicted molar refractivity (Wildman–Crippen MR) is 98.8 cm³/mol. The van der Waals surface area contributed by atoms with E-state index in [2.05, 4.69) is 60.2 Å². The summed E-state index contributed by atoms with van der Waals surface area (Å²) in [6.07, 6.45) is 4.04. The molecule has 2 aromatic carbocycles. The van der Waals surface area contributed by atoms with E-state index in [1.165, 1.54) is 11.1 Å². The van der Waals surface area contributed by atoms with Gasteiger partial charge in [0.25, 0.3) is 0 Å². The Kier molecular flexibility index (Phi) is 8.90. The summed E-state index contributed by atoms with van der Waals surface area (Å²) in [6.45, 7) is 0. The van der Waals surface area contributed by atoms with Crippen molar-refractivity contribution in [2.24, 2.45) is 5.84 Å². The number of hydrogen-bond donors (Lipinski definition) is 2. The quantitative estimate of drug-likeness (QED) is 0.368. The monoisotopic (exact) mass is 338 g/mol. The average molecular weight is 338 g/mol. The lowest BCUT2D eigenvalue weighted by Crippen LogP contribution is -2.59. The van der Waals surface area contributed by atoms with E-state index in [0.717, 1.165) is 25.2 Å². The van der Waals surface area contributed by atoms with Crippen molar-refractivity contribution in [3.8, 4) is 0 Å². The van der Waals surface area contributed by atoms with Crippen molar-refractivity contribution in [1.29, 1.82) is 0 Å². The summed E-state index contributed by atoms with van der Waals surface area (Å²) in [5.41, 5.74) is 2.70. The molecule has 0 saturated carbocycles. The molecule has 114 valence electrons. The van der Waals surface area contributed by atoms with E-state index < -0.39 is 5.24 Å². The lowest BCUT2D eigenvalue weighted by molar-refractivity contribution is -0.379. The second-order valence-electron chi connectivity index (χ2n) is 4.73. The zero-order valence-electron chi connectivity index (χ0n) is 12.2. The fourth-order valence-electron chi connectivity index (χ4n) is 2.00. The van der Waals surface area contributed by atoms with Crippen LogP contribution in [0.3, 0.4) is 0 Å². The van der Waals surface area contributed by atoms with Crippen LogP contribution in [-0.2, 0) is 36.9 Å². The van der Waals surface area contributed by atoms with Gasteiger partial charge in [0.05, 0.1) is 0 Å². The molecule has 5 heteroatoms. The first-order valence-electron chi connectivity index (χ1n) is 6.93. The first-order valence-corrected chi connectivity index (χ1v) is 11.1. The third-order valence-electron chi connectivity index (χ3n) is 3.17. The third kappa shape index (κ3) is 7.79. The lowest BCUT2D eigenvalue weighted by atomic mass is 10.2. The van der Waals surface area contributed by atoms with Gasteiger partial charge >= 0.3 is 0 Å². The van der Waals surface area contributed by atoms with Crippen LogP contribution >= 0.6 is 5.24 Å². The molecule has 2 rings (SSSR count). The summed E-state index contributed by atoms with van der Waals surface area (Å²) < 4.78 is 0. The molecular formula is C16H23N2PS2. The Morgan fingerprint density at radius 3 is 1.48 bits per heavy atom. The Balaban J connectivity index is 0.00000106. The van der Waals surface area contributed by atoms with Gasteiger partial charge < -0.3 is 12.2 Å². The highest BCUT2D eigenvalue weighted by atomic mass is 32.9. The van der Waals surface area contributed by atoms with E-state index in [-0.39, 0.29) is 0 Å². The maximum atomic E-state index is 5.67. The number of hydrogen-bond acceptors (Lipinski definition) is 3. The Morgan fingerprint density at radius 2 is 1.14 bits per heavy atom. The summed E-state index contributed by atoms with van der Waals surface area (Å²) >= 11 is 11.3. The number of aryl methyl sites for hydroxylation is 2. The third-order valence-corrected chi connectivity index (χ3v) is 7.17. The van der Waals surface area contributed by atoms with Gasteiger partial charge in [0.1, 0.15) is 0 Å². The van der Waals surface area contributed by atoms with Gasteiger partial charge in [-0.1, -0.05) is 60.7 Å². The first kappa shape index (κ1) is 18.4. The molecule has 2 nitrogen and oxygen atoms in total. The molecule has 0 aliphatic rings. The largest absolute Gasteiger partial charge is 0.746 e. The van der Waals surface area contributed by atoms with Crippen molar-refractivity contribution in [2.45, 2.75) is 12.8 Å². The van der Waals surface area contributed by atoms with Crippen LogP contribution in [0, 0.1) is 0 Å². The van der Waals surface area contributed by atoms with Gasteiger partial charge in [-0.2, -0.15) is 11.1 Å². The Bertz CT molecular complexity index is 499. The van der Waals surface area contributed by atoms with Crippen LogP contribution in [0.1, 0.15) is 11.1 Å². The number of rotatable bonds is 6. The van der Waals surface area contributed by atoms with Crippen LogP contribution in [0.4, 0.5) is 0 Å². The summed E-state index contributed by atoms with van der Waals surface area (Å²) in [5, 5.41) is -1.61. The second kappa shape index (κ2) is 10.1. The summed E-state index contributed by atoms with van der Waals surface area (Å²) in [5.74, 6) is 7.00. The lowest BCUT2D eigenvalue weighted by Gasteiger charge is -2.28. The van der Waals surface area contributed by atoms with Crippen LogP contribution in [0.15, 0.2) is 60.7 Å². The van der Waals surface area contributed by atoms with Gasteiger partial charge in [-0.25, -0.2) is 0 Å². The van der Waals surface area contributed by atoms with Gasteiger partial charge in [-0.15, -0.1) is 11.8 Å². The molecule has 0 aliphatic carbocycles. The molecule has 2 aromatic rings. The zero-order chi connectivity index (χ0) is 15.6. The minimum atomic E-state index is -1.61. The highest BCUT2D eigenvalue weighted by molar-refractivity contribution is 8.55. The Morgan fingerprint density at radius 1 is 0.810 bits per heavy atom. The zero-order valence-corrected chi connectivity index (χ0v) is 14.7. The molecule has 0 spiro atoms. The molecule has 0 aliphatic heterocycles. The Labute approximate surface area is 138 Å². The second-order valence-corrected chi connectivity index (χ2v) is 12.1. The summed E-state index contributed by atoms with van der Waals surface area (Å²) in [7, 11) is 0. The van der Waals surface area contributed by atoms with Crippen molar-refractivity contribution < 1.29 is 5.84 Å². The molecule has 0 unspecified atom stereocenters. The predicted octanol–water partition coefficient (Wildman–Crippen LogP) is 2.52. The molecule has 0 heterocycles. The minimum Gasteiger partial charge on any atom is -0.746 e. The smallest absolute Gasteiger partial charge is 0.0249 e. The topological polar surface area (TPSA) is 53.7 Å². The molecule has 0 radical (unpaired) electrons. The normalized spacial score (nSPS) is 10.6. The first-order chi connectivity index (χ1) is 10.2. The fraction of sp³-hybridized carbons (Fsp3) is 0.250. The summed E-state index contributed by atoms with van der Waals surface area (Å²) in [4.78, 5) is 0. The van der Waals surface area contributed by atoms with Gasteiger partial charge in [-0.05, 0) is 36.3 Å². The van der Waals surface area contributed by atoms with Gasteiger partial charge in [0.2, 0.25) is 0 Å².